The highest BCUT2D eigenvalue weighted by Crippen LogP contribution is 2.43. The molecule has 0 saturated carbocycles. The van der Waals surface area contributed by atoms with Gasteiger partial charge in [0, 0.05) is 44.7 Å². The van der Waals surface area contributed by atoms with Crippen LogP contribution in [0, 0.1) is 18.8 Å². The number of fused-ring (bicyclic) bond motifs is 1. The number of carbonyl (C=O) groups excluding carboxylic acids is 1. The summed E-state index contributed by atoms with van der Waals surface area (Å²) in [6.07, 6.45) is 3.82. The molecule has 7 heteroatoms. The first-order valence-corrected chi connectivity index (χ1v) is 9.25. The van der Waals surface area contributed by atoms with Crippen LogP contribution >= 0.6 is 24.0 Å². The molecule has 0 bridgehead atoms. The molecule has 2 fully saturated rings. The average Bonchev–Trinajstić information content (AvgIpc) is 3.29. The Hall–Kier alpha value is -1.56. The fourth-order valence-corrected chi connectivity index (χ4v) is 4.46. The molecule has 5 nitrogen and oxygen atoms in total. The Labute approximate surface area is 165 Å². The molecule has 2 aliphatic heterocycles. The van der Waals surface area contributed by atoms with E-state index in [0.29, 0.717) is 29.8 Å². The summed E-state index contributed by atoms with van der Waals surface area (Å²) in [6.45, 7) is 5.54. The fraction of sp³-hybridized carbons (Fsp3) is 0.474. The molecule has 0 unspecified atom stereocenters. The molecule has 0 spiro atoms. The van der Waals surface area contributed by atoms with E-state index in [0.717, 1.165) is 19.6 Å². The number of halogens is 2. The lowest BCUT2D eigenvalue weighted by Crippen LogP contribution is -2.35. The molecule has 1 N–H and O–H groups in total. The average molecular weight is 395 g/mol. The Morgan fingerprint density at radius 1 is 1.35 bits per heavy atom. The summed E-state index contributed by atoms with van der Waals surface area (Å²) in [5.41, 5.74) is 2.55. The van der Waals surface area contributed by atoms with Gasteiger partial charge in [0.1, 0.15) is 0 Å². The van der Waals surface area contributed by atoms with Gasteiger partial charge in [0.05, 0.1) is 17.3 Å². The van der Waals surface area contributed by atoms with Crippen molar-refractivity contribution in [2.24, 2.45) is 11.8 Å². The number of rotatable bonds is 4. The Balaban J connectivity index is 0.00000196. The third kappa shape index (κ3) is 3.61. The minimum absolute atomic E-state index is 0. The highest BCUT2D eigenvalue weighted by Gasteiger charge is 2.46. The van der Waals surface area contributed by atoms with Gasteiger partial charge in [0.2, 0.25) is 5.91 Å². The molecule has 2 aliphatic rings. The number of aryl methyl sites for hydroxylation is 2. The highest BCUT2D eigenvalue weighted by molar-refractivity contribution is 6.30. The summed E-state index contributed by atoms with van der Waals surface area (Å²) >= 11 is 5.90. The van der Waals surface area contributed by atoms with Crippen LogP contribution in [0.15, 0.2) is 36.7 Å². The van der Waals surface area contributed by atoms with Crippen molar-refractivity contribution in [3.63, 3.8) is 0 Å². The second-order valence-corrected chi connectivity index (χ2v) is 7.54. The number of amides is 1. The normalized spacial score (nSPS) is 24.4. The van der Waals surface area contributed by atoms with Crippen LogP contribution in [0.3, 0.4) is 0 Å². The lowest BCUT2D eigenvalue weighted by atomic mass is 9.87. The lowest BCUT2D eigenvalue weighted by Gasteiger charge is -2.29. The largest absolute Gasteiger partial charge is 0.335 e. The summed E-state index contributed by atoms with van der Waals surface area (Å²) in [6, 6.07) is 8.63. The molecule has 3 atom stereocenters. The molecule has 2 aromatic rings. The molecule has 0 radical (unpaired) electrons. The Kier molecular flexibility index (Phi) is 5.90. The highest BCUT2D eigenvalue weighted by atomic mass is 35.5. The van der Waals surface area contributed by atoms with Crippen LogP contribution in [0.5, 0.6) is 0 Å². The summed E-state index contributed by atoms with van der Waals surface area (Å²) in [4.78, 5) is 15.1. The molecular formula is C19H24Cl2N4O. The van der Waals surface area contributed by atoms with Crippen LogP contribution < -0.4 is 5.32 Å². The molecule has 4 rings (SSSR count). The third-order valence-corrected chi connectivity index (χ3v) is 5.74. The topological polar surface area (TPSA) is 50.2 Å². The van der Waals surface area contributed by atoms with E-state index in [1.165, 1.54) is 11.1 Å². The number of carbonyl (C=O) groups is 1. The van der Waals surface area contributed by atoms with Gasteiger partial charge < -0.3 is 10.2 Å². The van der Waals surface area contributed by atoms with Crippen LogP contribution in [0.2, 0.25) is 5.02 Å². The van der Waals surface area contributed by atoms with E-state index in [4.69, 9.17) is 11.6 Å². The van der Waals surface area contributed by atoms with E-state index in [2.05, 4.69) is 46.5 Å². The summed E-state index contributed by atoms with van der Waals surface area (Å²) < 4.78 is 1.74. The minimum Gasteiger partial charge on any atom is -0.335 e. The Morgan fingerprint density at radius 3 is 2.88 bits per heavy atom. The Morgan fingerprint density at radius 2 is 2.15 bits per heavy atom. The zero-order valence-electron chi connectivity index (χ0n) is 14.8. The molecule has 1 amide bonds. The molecule has 26 heavy (non-hydrogen) atoms. The maximum absolute atomic E-state index is 13.0. The second kappa shape index (κ2) is 7.99. The lowest BCUT2D eigenvalue weighted by molar-refractivity contribution is -0.133. The molecule has 140 valence electrons. The van der Waals surface area contributed by atoms with Crippen molar-refractivity contribution < 1.29 is 4.79 Å². The van der Waals surface area contributed by atoms with Crippen molar-refractivity contribution in [2.75, 3.05) is 19.6 Å². The predicted octanol–water partition coefficient (Wildman–Crippen LogP) is 3.08. The molecule has 0 aliphatic carbocycles. The standard InChI is InChI=1S/C19H23ClN4O.ClH/c1-13-4-2-3-5-16(13)19-17-10-21-8-14(17)11-24(19)18(25)6-7-23-12-15(20)9-22-23;/h2-5,9,12,14,17,19,21H,6-8,10-11H2,1H3;1H/t14-,17-,19+;/m0./s1. The Bertz CT molecular complexity index is 778. The van der Waals surface area contributed by atoms with Gasteiger partial charge >= 0.3 is 0 Å². The van der Waals surface area contributed by atoms with E-state index in [1.807, 2.05) is 0 Å². The van der Waals surface area contributed by atoms with Crippen molar-refractivity contribution in [3.8, 4) is 0 Å². The van der Waals surface area contributed by atoms with Crippen molar-refractivity contribution in [3.05, 3.63) is 52.8 Å². The van der Waals surface area contributed by atoms with Gasteiger partial charge in [-0.3, -0.25) is 9.48 Å². The maximum Gasteiger partial charge on any atom is 0.224 e. The minimum atomic E-state index is 0. The quantitative estimate of drug-likeness (QED) is 0.866. The fourth-order valence-electron chi connectivity index (χ4n) is 4.31. The van der Waals surface area contributed by atoms with Gasteiger partial charge in [0.15, 0.2) is 0 Å². The first-order chi connectivity index (χ1) is 12.1. The summed E-state index contributed by atoms with van der Waals surface area (Å²) in [5.74, 6) is 1.26. The monoisotopic (exact) mass is 394 g/mol. The number of nitrogens with zero attached hydrogens (tertiary/aromatic N) is 3. The zero-order chi connectivity index (χ0) is 17.4. The summed E-state index contributed by atoms with van der Waals surface area (Å²) in [5, 5.41) is 8.27. The van der Waals surface area contributed by atoms with E-state index in [9.17, 15) is 4.79 Å². The number of hydrogen-bond acceptors (Lipinski definition) is 3. The summed E-state index contributed by atoms with van der Waals surface area (Å²) in [7, 11) is 0. The van der Waals surface area contributed by atoms with Gasteiger partial charge in [-0.1, -0.05) is 35.9 Å². The van der Waals surface area contributed by atoms with Gasteiger partial charge in [-0.05, 0) is 24.0 Å². The van der Waals surface area contributed by atoms with Gasteiger partial charge in [0.25, 0.3) is 0 Å². The molecule has 1 aromatic carbocycles. The first-order valence-electron chi connectivity index (χ1n) is 8.87. The third-order valence-electron chi connectivity index (χ3n) is 5.55. The zero-order valence-corrected chi connectivity index (χ0v) is 16.3. The van der Waals surface area contributed by atoms with Crippen LogP contribution in [0.25, 0.3) is 0 Å². The smallest absolute Gasteiger partial charge is 0.224 e. The van der Waals surface area contributed by atoms with Crippen molar-refractivity contribution >= 4 is 29.9 Å². The van der Waals surface area contributed by atoms with E-state index in [-0.39, 0.29) is 24.4 Å². The van der Waals surface area contributed by atoms with Gasteiger partial charge in [-0.25, -0.2) is 0 Å². The maximum atomic E-state index is 13.0. The number of nitrogens with one attached hydrogen (secondary N) is 1. The second-order valence-electron chi connectivity index (χ2n) is 7.10. The van der Waals surface area contributed by atoms with Gasteiger partial charge in [-0.2, -0.15) is 5.10 Å². The van der Waals surface area contributed by atoms with Crippen molar-refractivity contribution in [1.82, 2.24) is 20.0 Å². The van der Waals surface area contributed by atoms with Crippen molar-refractivity contribution in [2.45, 2.75) is 25.9 Å². The van der Waals surface area contributed by atoms with Crippen LogP contribution in [-0.2, 0) is 11.3 Å². The van der Waals surface area contributed by atoms with E-state index >= 15 is 0 Å². The first kappa shape index (κ1) is 19.2. The van der Waals surface area contributed by atoms with Crippen LogP contribution in [0.1, 0.15) is 23.6 Å². The van der Waals surface area contributed by atoms with Crippen molar-refractivity contribution in [1.29, 1.82) is 0 Å². The molecule has 3 heterocycles. The number of aromatic nitrogens is 2. The molecule has 2 saturated heterocycles. The van der Waals surface area contributed by atoms with E-state index in [1.54, 1.807) is 17.1 Å². The number of benzene rings is 1. The predicted molar refractivity (Wildman–Crippen MR) is 105 cm³/mol. The van der Waals surface area contributed by atoms with E-state index < -0.39 is 0 Å². The van der Waals surface area contributed by atoms with Crippen LogP contribution in [-0.4, -0.2) is 40.2 Å². The number of likely N-dealkylation sites (tertiary alicyclic amines) is 1. The van der Waals surface area contributed by atoms with Crippen LogP contribution in [0.4, 0.5) is 0 Å². The SMILES string of the molecule is Cc1ccccc1[C@@H]1[C@H]2CNC[C@H]2CN1C(=O)CCn1cc(Cl)cn1.Cl. The van der Waals surface area contributed by atoms with Gasteiger partial charge in [-0.15, -0.1) is 12.4 Å². The molecule has 1 aromatic heterocycles. The number of hydrogen-bond donors (Lipinski definition) is 1. The molecular weight excluding hydrogens is 371 g/mol.